The minimum Gasteiger partial charge on any atom is -0.328 e. The van der Waals surface area contributed by atoms with Crippen LogP contribution < -0.4 is 5.73 Å². The van der Waals surface area contributed by atoms with Gasteiger partial charge in [0, 0.05) is 18.5 Å². The van der Waals surface area contributed by atoms with E-state index in [-0.39, 0.29) is 6.04 Å². The highest BCUT2D eigenvalue weighted by Crippen LogP contribution is 2.35. The van der Waals surface area contributed by atoms with Crippen LogP contribution in [0.3, 0.4) is 0 Å². The molecule has 1 heterocycles. The predicted molar refractivity (Wildman–Crippen MR) is 50.3 cm³/mol. The zero-order valence-corrected chi connectivity index (χ0v) is 7.98. The Morgan fingerprint density at radius 1 is 1.69 bits per heavy atom. The average Bonchev–Trinajstić information content (AvgIpc) is 2.82. The van der Waals surface area contributed by atoms with E-state index in [1.807, 2.05) is 13.3 Å². The Morgan fingerprint density at radius 2 is 2.46 bits per heavy atom. The van der Waals surface area contributed by atoms with Crippen LogP contribution in [0.25, 0.3) is 0 Å². The van der Waals surface area contributed by atoms with Crippen LogP contribution in [0.2, 0.25) is 0 Å². The van der Waals surface area contributed by atoms with Gasteiger partial charge in [-0.25, -0.2) is 0 Å². The minimum absolute atomic E-state index is 0.254. The van der Waals surface area contributed by atoms with Crippen molar-refractivity contribution in [3.63, 3.8) is 0 Å². The lowest BCUT2D eigenvalue weighted by Crippen LogP contribution is -2.16. The van der Waals surface area contributed by atoms with Gasteiger partial charge in [-0.05, 0) is 26.2 Å². The Morgan fingerprint density at radius 3 is 3.08 bits per heavy atom. The molecule has 0 saturated heterocycles. The first-order valence-electron chi connectivity index (χ1n) is 4.91. The maximum absolute atomic E-state index is 5.69. The first kappa shape index (κ1) is 8.69. The van der Waals surface area contributed by atoms with Crippen LogP contribution in [0.4, 0.5) is 0 Å². The Hall–Kier alpha value is -0.900. The van der Waals surface area contributed by atoms with Crippen LogP contribution in [0.15, 0.2) is 6.33 Å². The molecule has 0 radical (unpaired) electrons. The van der Waals surface area contributed by atoms with Crippen molar-refractivity contribution >= 4 is 0 Å². The normalized spacial score (nSPS) is 18.9. The van der Waals surface area contributed by atoms with Crippen molar-refractivity contribution in [3.8, 4) is 0 Å². The van der Waals surface area contributed by atoms with Crippen LogP contribution in [-0.4, -0.2) is 20.8 Å². The van der Waals surface area contributed by atoms with Crippen molar-refractivity contribution in [3.05, 3.63) is 12.2 Å². The summed E-state index contributed by atoms with van der Waals surface area (Å²) < 4.78 is 2.20. The molecule has 1 saturated carbocycles. The Balaban J connectivity index is 1.98. The molecule has 2 N–H and O–H groups in total. The Kier molecular flexibility index (Phi) is 2.31. The van der Waals surface area contributed by atoms with Crippen molar-refractivity contribution in [1.29, 1.82) is 0 Å². The number of aromatic nitrogens is 3. The number of hydrogen-bond acceptors (Lipinski definition) is 3. The largest absolute Gasteiger partial charge is 0.328 e. The number of nitrogens with zero attached hydrogens (tertiary/aromatic N) is 3. The highest BCUT2D eigenvalue weighted by molar-refractivity contribution is 4.95. The van der Waals surface area contributed by atoms with E-state index >= 15 is 0 Å². The molecule has 2 rings (SSSR count). The summed E-state index contributed by atoms with van der Waals surface area (Å²) in [6.07, 6.45) is 6.35. The van der Waals surface area contributed by atoms with Crippen LogP contribution in [0, 0.1) is 0 Å². The monoisotopic (exact) mass is 180 g/mol. The topological polar surface area (TPSA) is 56.7 Å². The van der Waals surface area contributed by atoms with Crippen molar-refractivity contribution < 1.29 is 0 Å². The zero-order chi connectivity index (χ0) is 9.26. The summed E-state index contributed by atoms with van der Waals surface area (Å²) in [5.41, 5.74) is 5.69. The number of rotatable bonds is 4. The second-order valence-electron chi connectivity index (χ2n) is 3.90. The molecule has 1 aromatic heterocycles. The van der Waals surface area contributed by atoms with Gasteiger partial charge in [-0.3, -0.25) is 0 Å². The summed E-state index contributed by atoms with van der Waals surface area (Å²) >= 11 is 0. The van der Waals surface area contributed by atoms with Gasteiger partial charge in [-0.1, -0.05) is 0 Å². The molecule has 72 valence electrons. The summed E-state index contributed by atoms with van der Waals surface area (Å²) in [4.78, 5) is 0. The van der Waals surface area contributed by atoms with E-state index in [9.17, 15) is 0 Å². The van der Waals surface area contributed by atoms with Gasteiger partial charge in [0.2, 0.25) is 0 Å². The summed E-state index contributed by atoms with van der Waals surface area (Å²) in [6, 6.07) is 0.933. The molecule has 1 aliphatic rings. The first-order chi connectivity index (χ1) is 6.27. The predicted octanol–water partition coefficient (Wildman–Crippen LogP) is 0.893. The minimum atomic E-state index is 0.254. The summed E-state index contributed by atoms with van der Waals surface area (Å²) in [7, 11) is 0. The van der Waals surface area contributed by atoms with E-state index in [0.717, 1.165) is 18.7 Å². The van der Waals surface area contributed by atoms with Crippen LogP contribution >= 0.6 is 0 Å². The quantitative estimate of drug-likeness (QED) is 0.748. The molecule has 0 aromatic carbocycles. The highest BCUT2D eigenvalue weighted by atomic mass is 15.3. The fraction of sp³-hybridized carbons (Fsp3) is 0.778. The van der Waals surface area contributed by atoms with Crippen LogP contribution in [0.1, 0.15) is 38.1 Å². The fourth-order valence-electron chi connectivity index (χ4n) is 1.46. The lowest BCUT2D eigenvalue weighted by Gasteiger charge is -2.05. The molecule has 1 atom stereocenters. The Labute approximate surface area is 78.1 Å². The molecule has 0 spiro atoms. The van der Waals surface area contributed by atoms with E-state index in [0.29, 0.717) is 6.04 Å². The number of nitrogens with two attached hydrogens (primary N) is 1. The van der Waals surface area contributed by atoms with Crippen molar-refractivity contribution in [2.24, 2.45) is 5.73 Å². The van der Waals surface area contributed by atoms with E-state index in [2.05, 4.69) is 14.8 Å². The van der Waals surface area contributed by atoms with Gasteiger partial charge in [0.1, 0.15) is 12.2 Å². The molecule has 1 aromatic rings. The molecule has 1 unspecified atom stereocenters. The third kappa shape index (κ3) is 2.06. The van der Waals surface area contributed by atoms with Gasteiger partial charge in [-0.15, -0.1) is 10.2 Å². The molecule has 13 heavy (non-hydrogen) atoms. The van der Waals surface area contributed by atoms with Gasteiger partial charge in [0.25, 0.3) is 0 Å². The first-order valence-corrected chi connectivity index (χ1v) is 4.91. The molecule has 4 nitrogen and oxygen atoms in total. The third-order valence-electron chi connectivity index (χ3n) is 2.41. The number of aryl methyl sites for hydroxylation is 1. The SMILES string of the molecule is CC(N)CCc1nncn1C1CC1. The summed E-state index contributed by atoms with van der Waals surface area (Å²) in [5.74, 6) is 1.10. The highest BCUT2D eigenvalue weighted by Gasteiger charge is 2.25. The van der Waals surface area contributed by atoms with Crippen molar-refractivity contribution in [2.75, 3.05) is 0 Å². The van der Waals surface area contributed by atoms with Gasteiger partial charge >= 0.3 is 0 Å². The smallest absolute Gasteiger partial charge is 0.133 e. The molecule has 4 heteroatoms. The summed E-state index contributed by atoms with van der Waals surface area (Å²) in [5, 5.41) is 8.04. The molecule has 0 amide bonds. The van der Waals surface area contributed by atoms with Crippen LogP contribution in [-0.2, 0) is 6.42 Å². The zero-order valence-electron chi connectivity index (χ0n) is 7.98. The molecular weight excluding hydrogens is 164 g/mol. The van der Waals surface area contributed by atoms with Crippen molar-refractivity contribution in [2.45, 2.75) is 44.7 Å². The molecule has 1 fully saturated rings. The van der Waals surface area contributed by atoms with Gasteiger partial charge < -0.3 is 10.3 Å². The molecule has 0 bridgehead atoms. The Bertz CT molecular complexity index is 275. The second-order valence-corrected chi connectivity index (χ2v) is 3.90. The van der Waals surface area contributed by atoms with Gasteiger partial charge in [-0.2, -0.15) is 0 Å². The van der Waals surface area contributed by atoms with Gasteiger partial charge in [0.15, 0.2) is 0 Å². The molecule has 0 aliphatic heterocycles. The second kappa shape index (κ2) is 3.46. The van der Waals surface area contributed by atoms with Crippen LogP contribution in [0.5, 0.6) is 0 Å². The van der Waals surface area contributed by atoms with Gasteiger partial charge in [0.05, 0.1) is 0 Å². The standard InChI is InChI=1S/C9H16N4/c1-7(10)2-5-9-12-11-6-13(9)8-3-4-8/h6-8H,2-5,10H2,1H3. The van der Waals surface area contributed by atoms with E-state index in [1.54, 1.807) is 0 Å². The summed E-state index contributed by atoms with van der Waals surface area (Å²) in [6.45, 7) is 2.03. The van der Waals surface area contributed by atoms with Crippen molar-refractivity contribution in [1.82, 2.24) is 14.8 Å². The lowest BCUT2D eigenvalue weighted by atomic mass is 10.2. The maximum Gasteiger partial charge on any atom is 0.133 e. The van der Waals surface area contributed by atoms with E-state index < -0.39 is 0 Å². The average molecular weight is 180 g/mol. The number of hydrogen-bond donors (Lipinski definition) is 1. The van der Waals surface area contributed by atoms with E-state index in [1.165, 1.54) is 12.8 Å². The fourth-order valence-corrected chi connectivity index (χ4v) is 1.46. The molecular formula is C9H16N4. The molecule has 1 aliphatic carbocycles. The third-order valence-corrected chi connectivity index (χ3v) is 2.41. The lowest BCUT2D eigenvalue weighted by molar-refractivity contribution is 0.607. The maximum atomic E-state index is 5.69. The van der Waals surface area contributed by atoms with E-state index in [4.69, 9.17) is 5.73 Å².